The summed E-state index contributed by atoms with van der Waals surface area (Å²) in [7, 11) is 0. The third kappa shape index (κ3) is 5.23. The summed E-state index contributed by atoms with van der Waals surface area (Å²) in [4.78, 5) is 36.1. The molecule has 1 atom stereocenters. The standard InChI is InChI=1S/C17H23ClN2O4/c1-10(2)14-6-5-13(9-15(14)18)16(22)20(11(3)17(23)24)8-7-19-12(4)21/h5-6,9-11H,7-8H2,1-4H3,(H,19,21)(H,23,24). The lowest BCUT2D eigenvalue weighted by atomic mass is 10.0. The van der Waals surface area contributed by atoms with Gasteiger partial charge in [-0.3, -0.25) is 9.59 Å². The summed E-state index contributed by atoms with van der Waals surface area (Å²) in [6, 6.07) is 3.95. The Labute approximate surface area is 146 Å². The van der Waals surface area contributed by atoms with Crippen molar-refractivity contribution in [1.82, 2.24) is 10.2 Å². The highest BCUT2D eigenvalue weighted by atomic mass is 35.5. The number of carbonyl (C=O) groups excluding carboxylic acids is 2. The quantitative estimate of drug-likeness (QED) is 0.787. The van der Waals surface area contributed by atoms with Crippen LogP contribution in [0.4, 0.5) is 0 Å². The first-order valence-corrected chi connectivity index (χ1v) is 8.10. The van der Waals surface area contributed by atoms with Crippen LogP contribution < -0.4 is 5.32 Å². The van der Waals surface area contributed by atoms with E-state index in [1.54, 1.807) is 18.2 Å². The van der Waals surface area contributed by atoms with Crippen LogP contribution in [0.3, 0.4) is 0 Å². The van der Waals surface area contributed by atoms with Crippen LogP contribution in [0.5, 0.6) is 0 Å². The average molecular weight is 355 g/mol. The van der Waals surface area contributed by atoms with E-state index >= 15 is 0 Å². The topological polar surface area (TPSA) is 86.7 Å². The molecule has 0 bridgehead atoms. The zero-order valence-corrected chi connectivity index (χ0v) is 15.1. The Kier molecular flexibility index (Phi) is 7.22. The molecular weight excluding hydrogens is 332 g/mol. The van der Waals surface area contributed by atoms with E-state index in [2.05, 4.69) is 5.32 Å². The summed E-state index contributed by atoms with van der Waals surface area (Å²) in [5.74, 6) is -1.58. The van der Waals surface area contributed by atoms with Gasteiger partial charge in [-0.25, -0.2) is 4.79 Å². The Morgan fingerprint density at radius 1 is 1.25 bits per heavy atom. The van der Waals surface area contributed by atoms with Crippen LogP contribution in [0.15, 0.2) is 18.2 Å². The van der Waals surface area contributed by atoms with Crippen LogP contribution in [0.1, 0.15) is 49.5 Å². The fraction of sp³-hybridized carbons (Fsp3) is 0.471. The smallest absolute Gasteiger partial charge is 0.326 e. The molecule has 1 aromatic rings. The van der Waals surface area contributed by atoms with E-state index in [4.69, 9.17) is 11.6 Å². The number of rotatable bonds is 7. The number of hydrogen-bond acceptors (Lipinski definition) is 3. The lowest BCUT2D eigenvalue weighted by Gasteiger charge is -2.27. The van der Waals surface area contributed by atoms with Crippen molar-refractivity contribution in [3.63, 3.8) is 0 Å². The number of amides is 2. The summed E-state index contributed by atoms with van der Waals surface area (Å²) in [6.45, 7) is 7.05. The van der Waals surface area contributed by atoms with Crippen molar-refractivity contribution >= 4 is 29.4 Å². The van der Waals surface area contributed by atoms with Crippen LogP contribution in [0.25, 0.3) is 0 Å². The molecule has 0 spiro atoms. The molecule has 0 saturated carbocycles. The highest BCUT2D eigenvalue weighted by Crippen LogP contribution is 2.25. The minimum absolute atomic E-state index is 0.0927. The van der Waals surface area contributed by atoms with E-state index in [9.17, 15) is 19.5 Å². The molecule has 0 aliphatic heterocycles. The number of benzene rings is 1. The summed E-state index contributed by atoms with van der Waals surface area (Å²) < 4.78 is 0. The van der Waals surface area contributed by atoms with Gasteiger partial charge in [-0.15, -0.1) is 0 Å². The molecule has 0 aliphatic carbocycles. The zero-order valence-electron chi connectivity index (χ0n) is 14.3. The predicted octanol–water partition coefficient (Wildman–Crippen LogP) is 2.51. The molecule has 0 heterocycles. The first-order valence-electron chi connectivity index (χ1n) is 7.72. The monoisotopic (exact) mass is 354 g/mol. The van der Waals surface area contributed by atoms with Crippen LogP contribution in [-0.2, 0) is 9.59 Å². The molecular formula is C17H23ClN2O4. The van der Waals surface area contributed by atoms with Crippen LogP contribution in [0.2, 0.25) is 5.02 Å². The van der Waals surface area contributed by atoms with Crippen molar-refractivity contribution in [2.75, 3.05) is 13.1 Å². The number of halogens is 1. The van der Waals surface area contributed by atoms with E-state index in [1.165, 1.54) is 18.7 Å². The minimum atomic E-state index is -1.11. The van der Waals surface area contributed by atoms with E-state index in [-0.39, 0.29) is 24.9 Å². The van der Waals surface area contributed by atoms with Gasteiger partial charge in [-0.2, -0.15) is 0 Å². The first-order chi connectivity index (χ1) is 11.1. The molecule has 0 saturated heterocycles. The molecule has 1 unspecified atom stereocenters. The molecule has 1 aromatic carbocycles. The Hall–Kier alpha value is -2.08. The second-order valence-corrected chi connectivity index (χ2v) is 6.29. The number of carboxylic acids is 1. The van der Waals surface area contributed by atoms with Crippen LogP contribution >= 0.6 is 11.6 Å². The van der Waals surface area contributed by atoms with E-state index in [1.807, 2.05) is 13.8 Å². The largest absolute Gasteiger partial charge is 0.480 e. The van der Waals surface area contributed by atoms with Gasteiger partial charge in [0, 0.05) is 30.6 Å². The highest BCUT2D eigenvalue weighted by Gasteiger charge is 2.26. The molecule has 0 aromatic heterocycles. The van der Waals surface area contributed by atoms with Crippen molar-refractivity contribution in [2.24, 2.45) is 0 Å². The van der Waals surface area contributed by atoms with Gasteiger partial charge < -0.3 is 15.3 Å². The van der Waals surface area contributed by atoms with Crippen LogP contribution in [-0.4, -0.2) is 46.9 Å². The lowest BCUT2D eigenvalue weighted by Crippen LogP contribution is -2.46. The lowest BCUT2D eigenvalue weighted by molar-refractivity contribution is -0.141. The maximum atomic E-state index is 12.7. The number of nitrogens with zero attached hydrogens (tertiary/aromatic N) is 1. The van der Waals surface area contributed by atoms with E-state index in [0.29, 0.717) is 10.6 Å². The molecule has 0 fully saturated rings. The molecule has 132 valence electrons. The van der Waals surface area contributed by atoms with Gasteiger partial charge in [0.15, 0.2) is 0 Å². The second-order valence-electron chi connectivity index (χ2n) is 5.89. The van der Waals surface area contributed by atoms with Crippen molar-refractivity contribution in [2.45, 2.75) is 39.7 Å². The third-order valence-corrected chi connectivity index (χ3v) is 4.01. The number of carbonyl (C=O) groups is 3. The number of hydrogen-bond donors (Lipinski definition) is 2. The maximum absolute atomic E-state index is 12.7. The zero-order chi connectivity index (χ0) is 18.4. The van der Waals surface area contributed by atoms with Gasteiger partial charge in [0.2, 0.25) is 5.91 Å². The Morgan fingerprint density at radius 2 is 1.88 bits per heavy atom. The van der Waals surface area contributed by atoms with Crippen molar-refractivity contribution in [3.05, 3.63) is 34.3 Å². The summed E-state index contributed by atoms with van der Waals surface area (Å²) >= 11 is 6.22. The fourth-order valence-electron chi connectivity index (χ4n) is 2.25. The summed E-state index contributed by atoms with van der Waals surface area (Å²) in [5.41, 5.74) is 1.24. The van der Waals surface area contributed by atoms with Crippen molar-refractivity contribution in [3.8, 4) is 0 Å². The molecule has 24 heavy (non-hydrogen) atoms. The Bertz CT molecular complexity index is 631. The second kappa shape index (κ2) is 8.68. The van der Waals surface area contributed by atoms with E-state index < -0.39 is 17.9 Å². The van der Waals surface area contributed by atoms with Gasteiger partial charge in [0.1, 0.15) is 6.04 Å². The molecule has 2 amide bonds. The molecule has 0 aliphatic rings. The fourth-order valence-corrected chi connectivity index (χ4v) is 2.65. The van der Waals surface area contributed by atoms with Gasteiger partial charge in [-0.1, -0.05) is 31.5 Å². The summed E-state index contributed by atoms with van der Waals surface area (Å²) in [6.07, 6.45) is 0. The average Bonchev–Trinajstić information content (AvgIpc) is 2.49. The predicted molar refractivity (Wildman–Crippen MR) is 92.4 cm³/mol. The van der Waals surface area contributed by atoms with Crippen molar-refractivity contribution in [1.29, 1.82) is 0 Å². The molecule has 7 heteroatoms. The Balaban J connectivity index is 3.04. The molecule has 0 radical (unpaired) electrons. The van der Waals surface area contributed by atoms with Gasteiger partial charge in [0.25, 0.3) is 5.91 Å². The summed E-state index contributed by atoms with van der Waals surface area (Å²) in [5, 5.41) is 12.3. The minimum Gasteiger partial charge on any atom is -0.480 e. The molecule has 2 N–H and O–H groups in total. The molecule has 6 nitrogen and oxygen atoms in total. The van der Waals surface area contributed by atoms with Gasteiger partial charge in [-0.05, 0) is 30.5 Å². The molecule has 1 rings (SSSR count). The van der Waals surface area contributed by atoms with Gasteiger partial charge >= 0.3 is 5.97 Å². The van der Waals surface area contributed by atoms with Crippen LogP contribution in [0, 0.1) is 0 Å². The number of aliphatic carboxylic acids is 1. The SMILES string of the molecule is CC(=O)NCCN(C(=O)c1ccc(C(C)C)c(Cl)c1)C(C)C(=O)O. The van der Waals surface area contributed by atoms with E-state index in [0.717, 1.165) is 5.56 Å². The van der Waals surface area contributed by atoms with Crippen molar-refractivity contribution < 1.29 is 19.5 Å². The maximum Gasteiger partial charge on any atom is 0.326 e. The third-order valence-electron chi connectivity index (χ3n) is 3.68. The Morgan fingerprint density at radius 3 is 2.33 bits per heavy atom. The first kappa shape index (κ1) is 20.0. The normalized spacial score (nSPS) is 11.9. The highest BCUT2D eigenvalue weighted by molar-refractivity contribution is 6.31. The van der Waals surface area contributed by atoms with Gasteiger partial charge in [0.05, 0.1) is 0 Å². The number of carboxylic acid groups (broad SMARTS) is 1. The number of nitrogens with one attached hydrogen (secondary N) is 1.